The predicted molar refractivity (Wildman–Crippen MR) is 53.8 cm³/mol. The van der Waals surface area contributed by atoms with Gasteiger partial charge >= 0.3 is 0 Å². The Morgan fingerprint density at radius 2 is 1.71 bits per heavy atom. The summed E-state index contributed by atoms with van der Waals surface area (Å²) in [4.78, 5) is 10.1. The van der Waals surface area contributed by atoms with Gasteiger partial charge in [-0.2, -0.15) is 0 Å². The van der Waals surface area contributed by atoms with Crippen molar-refractivity contribution >= 4 is 5.97 Å². The molecule has 1 aromatic rings. The summed E-state index contributed by atoms with van der Waals surface area (Å²) in [6.45, 7) is 6.75. The molecule has 0 aliphatic heterocycles. The molecule has 0 saturated heterocycles. The first-order valence-corrected chi connectivity index (χ1v) is 4.80. The lowest BCUT2D eigenvalue weighted by atomic mass is 10.2. The van der Waals surface area contributed by atoms with Gasteiger partial charge in [0.05, 0.1) is 19.1 Å². The number of hydrogen-bond donors (Lipinski definition) is 1. The highest BCUT2D eigenvalue weighted by molar-refractivity contribution is 5.85. The van der Waals surface area contributed by atoms with Crippen LogP contribution in [0, 0.1) is 0 Å². The summed E-state index contributed by atoms with van der Waals surface area (Å²) in [5.41, 5.74) is 0.220. The van der Waals surface area contributed by atoms with Crippen LogP contribution in [-0.2, 0) is 0 Å². The molecule has 0 bridgehead atoms. The summed E-state index contributed by atoms with van der Waals surface area (Å²) < 4.78 is 0. The zero-order chi connectivity index (χ0) is 10.8. The van der Waals surface area contributed by atoms with Crippen molar-refractivity contribution in [2.45, 2.75) is 13.8 Å². The van der Waals surface area contributed by atoms with Gasteiger partial charge in [-0.25, -0.2) is 0 Å². The van der Waals surface area contributed by atoms with Gasteiger partial charge in [0.1, 0.15) is 0 Å². The Kier molecular flexibility index (Phi) is 7.46. The standard InChI is InChI=1S/C7H6O2.C4H11N/c8-7(9)6-4-2-1-3-5-6;1-3-5-4-2/h1-5H,(H,8,9);5H,3-4H2,1-2H3. The molecule has 0 aliphatic carbocycles. The van der Waals surface area contributed by atoms with E-state index in [1.165, 1.54) is 25.2 Å². The lowest BCUT2D eigenvalue weighted by Gasteiger charge is -1.97. The molecular formula is C11H17NO2. The smallest absolute Gasteiger partial charge is 0.0726 e. The summed E-state index contributed by atoms with van der Waals surface area (Å²) in [7, 11) is 0. The molecule has 0 heterocycles. The van der Waals surface area contributed by atoms with Crippen molar-refractivity contribution in [3.05, 3.63) is 35.9 Å². The van der Waals surface area contributed by atoms with Crippen LogP contribution in [-0.4, -0.2) is 19.1 Å². The zero-order valence-electron chi connectivity index (χ0n) is 8.69. The van der Waals surface area contributed by atoms with Gasteiger partial charge in [0, 0.05) is 0 Å². The number of aromatic carboxylic acids is 1. The van der Waals surface area contributed by atoms with Crippen LogP contribution in [0.5, 0.6) is 0 Å². The SMILES string of the molecule is CC[NH2+]CC.O=C([O-])c1ccccc1. The van der Waals surface area contributed by atoms with Gasteiger partial charge in [0.25, 0.3) is 0 Å². The number of quaternary nitrogens is 1. The predicted octanol–water partition coefficient (Wildman–Crippen LogP) is -0.360. The Morgan fingerprint density at radius 1 is 1.21 bits per heavy atom. The largest absolute Gasteiger partial charge is 0.545 e. The second-order valence-electron chi connectivity index (χ2n) is 2.76. The molecule has 2 N–H and O–H groups in total. The van der Waals surface area contributed by atoms with Gasteiger partial charge in [0.15, 0.2) is 0 Å². The van der Waals surface area contributed by atoms with E-state index in [4.69, 9.17) is 0 Å². The zero-order valence-corrected chi connectivity index (χ0v) is 8.69. The van der Waals surface area contributed by atoms with E-state index in [0.29, 0.717) is 0 Å². The third-order valence-corrected chi connectivity index (χ3v) is 1.59. The van der Waals surface area contributed by atoms with Crippen LogP contribution < -0.4 is 10.4 Å². The fraction of sp³-hybridized carbons (Fsp3) is 0.364. The van der Waals surface area contributed by atoms with Crippen LogP contribution in [0.4, 0.5) is 0 Å². The van der Waals surface area contributed by atoms with E-state index in [2.05, 4.69) is 19.2 Å². The quantitative estimate of drug-likeness (QED) is 0.716. The van der Waals surface area contributed by atoms with Crippen molar-refractivity contribution in [1.82, 2.24) is 0 Å². The van der Waals surface area contributed by atoms with Crippen LogP contribution in [0.25, 0.3) is 0 Å². The highest BCUT2D eigenvalue weighted by Crippen LogP contribution is 1.94. The monoisotopic (exact) mass is 195 g/mol. The Hall–Kier alpha value is -1.35. The summed E-state index contributed by atoms with van der Waals surface area (Å²) in [5.74, 6) is -1.13. The molecule has 3 heteroatoms. The number of carbonyl (C=O) groups is 1. The second kappa shape index (κ2) is 8.26. The first kappa shape index (κ1) is 12.7. The molecule has 0 saturated carbocycles. The number of hydrogen-bond acceptors (Lipinski definition) is 2. The minimum absolute atomic E-state index is 0.220. The van der Waals surface area contributed by atoms with E-state index in [-0.39, 0.29) is 5.56 Å². The summed E-state index contributed by atoms with van der Waals surface area (Å²) in [6.07, 6.45) is 0. The Bertz CT molecular complexity index is 245. The maximum atomic E-state index is 10.1. The fourth-order valence-corrected chi connectivity index (χ4v) is 0.863. The lowest BCUT2D eigenvalue weighted by molar-refractivity contribution is -0.648. The van der Waals surface area contributed by atoms with Crippen LogP contribution >= 0.6 is 0 Å². The average Bonchev–Trinajstić information content (AvgIpc) is 2.21. The summed E-state index contributed by atoms with van der Waals surface area (Å²) in [6, 6.07) is 8.06. The van der Waals surface area contributed by atoms with E-state index in [1.807, 2.05) is 0 Å². The molecule has 0 aromatic heterocycles. The van der Waals surface area contributed by atoms with Crippen LogP contribution in [0.1, 0.15) is 24.2 Å². The van der Waals surface area contributed by atoms with Crippen LogP contribution in [0.2, 0.25) is 0 Å². The van der Waals surface area contributed by atoms with Gasteiger partial charge in [-0.3, -0.25) is 0 Å². The first-order valence-electron chi connectivity index (χ1n) is 4.80. The number of carbonyl (C=O) groups excluding carboxylic acids is 1. The van der Waals surface area contributed by atoms with Crippen molar-refractivity contribution in [2.75, 3.05) is 13.1 Å². The molecule has 14 heavy (non-hydrogen) atoms. The highest BCUT2D eigenvalue weighted by Gasteiger charge is 1.85. The normalized spacial score (nSPS) is 8.71. The summed E-state index contributed by atoms with van der Waals surface area (Å²) in [5, 5.41) is 12.3. The van der Waals surface area contributed by atoms with Crippen molar-refractivity contribution < 1.29 is 15.2 Å². The van der Waals surface area contributed by atoms with E-state index < -0.39 is 5.97 Å². The third-order valence-electron chi connectivity index (χ3n) is 1.59. The number of rotatable bonds is 3. The Balaban J connectivity index is 0.000000292. The number of benzene rings is 1. The Morgan fingerprint density at radius 3 is 1.93 bits per heavy atom. The van der Waals surface area contributed by atoms with Crippen molar-refractivity contribution in [2.24, 2.45) is 0 Å². The molecule has 0 amide bonds. The second-order valence-corrected chi connectivity index (χ2v) is 2.76. The van der Waals surface area contributed by atoms with Crippen molar-refractivity contribution in [1.29, 1.82) is 0 Å². The van der Waals surface area contributed by atoms with E-state index in [9.17, 15) is 9.90 Å². The van der Waals surface area contributed by atoms with Crippen LogP contribution in [0.3, 0.4) is 0 Å². The fourth-order valence-electron chi connectivity index (χ4n) is 0.863. The molecule has 1 rings (SSSR count). The molecule has 0 unspecified atom stereocenters. The number of carboxylic acids is 1. The third kappa shape index (κ3) is 6.20. The minimum Gasteiger partial charge on any atom is -0.545 e. The van der Waals surface area contributed by atoms with Gasteiger partial charge < -0.3 is 15.2 Å². The van der Waals surface area contributed by atoms with E-state index in [0.717, 1.165) is 0 Å². The minimum atomic E-state index is -1.13. The summed E-state index contributed by atoms with van der Waals surface area (Å²) >= 11 is 0. The molecule has 0 fully saturated rings. The van der Waals surface area contributed by atoms with Gasteiger partial charge in [0.2, 0.25) is 0 Å². The Labute approximate surface area is 84.8 Å². The number of nitrogens with two attached hydrogens (primary N) is 1. The van der Waals surface area contributed by atoms with Crippen LogP contribution in [0.15, 0.2) is 30.3 Å². The van der Waals surface area contributed by atoms with Gasteiger partial charge in [-0.15, -0.1) is 0 Å². The highest BCUT2D eigenvalue weighted by atomic mass is 16.4. The molecule has 0 radical (unpaired) electrons. The topological polar surface area (TPSA) is 56.7 Å². The molecule has 3 nitrogen and oxygen atoms in total. The number of carboxylic acid groups (broad SMARTS) is 1. The first-order chi connectivity index (χ1) is 6.72. The lowest BCUT2D eigenvalue weighted by Crippen LogP contribution is -2.82. The molecule has 0 aliphatic rings. The van der Waals surface area contributed by atoms with Crippen molar-refractivity contribution in [3.8, 4) is 0 Å². The molecule has 78 valence electrons. The molecule has 0 spiro atoms. The van der Waals surface area contributed by atoms with Crippen molar-refractivity contribution in [3.63, 3.8) is 0 Å². The average molecular weight is 195 g/mol. The maximum absolute atomic E-state index is 10.1. The molecule has 0 atom stereocenters. The van der Waals surface area contributed by atoms with Gasteiger partial charge in [-0.1, -0.05) is 30.3 Å². The molecule has 1 aromatic carbocycles. The van der Waals surface area contributed by atoms with Gasteiger partial charge in [-0.05, 0) is 19.4 Å². The maximum Gasteiger partial charge on any atom is 0.0726 e. The van der Waals surface area contributed by atoms with E-state index >= 15 is 0 Å². The molecular weight excluding hydrogens is 178 g/mol. The van der Waals surface area contributed by atoms with E-state index in [1.54, 1.807) is 18.2 Å².